The van der Waals surface area contributed by atoms with Gasteiger partial charge in [-0.05, 0) is 50.0 Å². The second-order valence-corrected chi connectivity index (χ2v) is 8.07. The molecule has 2 aromatic rings. The molecule has 0 saturated carbocycles. The molecule has 0 aliphatic carbocycles. The molecule has 0 radical (unpaired) electrons. The fourth-order valence-electron chi connectivity index (χ4n) is 3.55. The molecular formula is C26H36N2O4. The lowest BCUT2D eigenvalue weighted by atomic mass is 10.1. The predicted molar refractivity (Wildman–Crippen MR) is 130 cm³/mol. The Labute approximate surface area is 192 Å². The Bertz CT molecular complexity index is 865. The van der Waals surface area contributed by atoms with Gasteiger partial charge >= 0.3 is 0 Å². The van der Waals surface area contributed by atoms with Crippen molar-refractivity contribution in [2.75, 3.05) is 48.0 Å². The second kappa shape index (κ2) is 12.8. The van der Waals surface area contributed by atoms with Gasteiger partial charge in [-0.1, -0.05) is 48.9 Å². The maximum absolute atomic E-state index is 12.8. The molecule has 1 heterocycles. The van der Waals surface area contributed by atoms with Gasteiger partial charge in [0.1, 0.15) is 0 Å². The average Bonchev–Trinajstić information content (AvgIpc) is 3.29. The summed E-state index contributed by atoms with van der Waals surface area (Å²) in [5.41, 5.74) is 2.67. The largest absolute Gasteiger partial charge is 0.493 e. The highest BCUT2D eigenvalue weighted by atomic mass is 16.5. The molecule has 0 aromatic heterocycles. The second-order valence-electron chi connectivity index (χ2n) is 8.07. The first-order valence-electron chi connectivity index (χ1n) is 10.9. The molecule has 6 heteroatoms. The van der Waals surface area contributed by atoms with Crippen molar-refractivity contribution in [1.29, 1.82) is 0 Å². The monoisotopic (exact) mass is 440 g/mol. The van der Waals surface area contributed by atoms with Crippen molar-refractivity contribution in [3.05, 3.63) is 59.2 Å². The van der Waals surface area contributed by atoms with Crippen LogP contribution in [0.2, 0.25) is 0 Å². The minimum atomic E-state index is -0.120. The predicted octanol–water partition coefficient (Wildman–Crippen LogP) is 4.50. The van der Waals surface area contributed by atoms with Crippen LogP contribution in [0.25, 0.3) is 6.08 Å². The number of ether oxygens (including phenoxy) is 3. The minimum Gasteiger partial charge on any atom is -0.493 e. The molecule has 2 aromatic carbocycles. The van der Waals surface area contributed by atoms with Crippen molar-refractivity contribution >= 4 is 12.0 Å². The molecule has 1 aliphatic rings. The zero-order valence-corrected chi connectivity index (χ0v) is 20.1. The van der Waals surface area contributed by atoms with Crippen LogP contribution in [-0.4, -0.2) is 58.8 Å². The fraction of sp³-hybridized carbons (Fsp3) is 0.423. The van der Waals surface area contributed by atoms with Gasteiger partial charge in [-0.2, -0.15) is 0 Å². The summed E-state index contributed by atoms with van der Waals surface area (Å²) in [4.78, 5) is 14.5. The molecule has 3 rings (SSSR count). The van der Waals surface area contributed by atoms with Gasteiger partial charge in [-0.15, -0.1) is 0 Å². The molecule has 1 aliphatic heterocycles. The maximum atomic E-state index is 12.8. The summed E-state index contributed by atoms with van der Waals surface area (Å²) < 4.78 is 15.9. The van der Waals surface area contributed by atoms with Gasteiger partial charge in [0.05, 0.1) is 21.3 Å². The van der Waals surface area contributed by atoms with Crippen LogP contribution < -0.4 is 19.5 Å². The summed E-state index contributed by atoms with van der Waals surface area (Å²) in [5, 5.41) is 3.27. The van der Waals surface area contributed by atoms with Crippen molar-refractivity contribution in [2.24, 2.45) is 5.92 Å². The van der Waals surface area contributed by atoms with Crippen molar-refractivity contribution in [1.82, 2.24) is 10.2 Å². The molecule has 1 fully saturated rings. The van der Waals surface area contributed by atoms with E-state index in [1.165, 1.54) is 40.8 Å². The normalized spacial score (nSPS) is 15.4. The molecule has 6 nitrogen and oxygen atoms in total. The summed E-state index contributed by atoms with van der Waals surface area (Å²) in [6.07, 6.45) is 3.44. The third kappa shape index (κ3) is 7.31. The van der Waals surface area contributed by atoms with Crippen LogP contribution in [0.4, 0.5) is 0 Å². The highest BCUT2D eigenvalue weighted by molar-refractivity contribution is 5.95. The molecule has 0 spiro atoms. The highest BCUT2D eigenvalue weighted by Gasteiger charge is 2.19. The zero-order valence-electron chi connectivity index (χ0n) is 20.1. The van der Waals surface area contributed by atoms with Gasteiger partial charge in [-0.3, -0.25) is 4.79 Å². The highest BCUT2D eigenvalue weighted by Crippen LogP contribution is 2.38. The van der Waals surface area contributed by atoms with Crippen molar-refractivity contribution < 1.29 is 19.0 Å². The summed E-state index contributed by atoms with van der Waals surface area (Å²) in [7, 11) is 6.36. The van der Waals surface area contributed by atoms with Gasteiger partial charge in [0, 0.05) is 19.2 Å². The Morgan fingerprint density at radius 2 is 1.72 bits per heavy atom. The summed E-state index contributed by atoms with van der Waals surface area (Å²) in [6, 6.07) is 13.3. The summed E-state index contributed by atoms with van der Waals surface area (Å²) in [6.45, 7) is 7.28. The minimum absolute atomic E-state index is 0.120. The SMILES string of the molecule is CC1CCNC1.COc1cc(C(=O)N(C)C/C(C)=C/c2ccccc2)cc(OC)c1OC. The zero-order chi connectivity index (χ0) is 23.5. The first-order valence-corrected chi connectivity index (χ1v) is 10.9. The summed E-state index contributed by atoms with van der Waals surface area (Å²) in [5.74, 6) is 2.20. The Morgan fingerprint density at radius 1 is 1.09 bits per heavy atom. The third-order valence-electron chi connectivity index (χ3n) is 5.26. The van der Waals surface area contributed by atoms with Gasteiger partial charge in [0.15, 0.2) is 11.5 Å². The lowest BCUT2D eigenvalue weighted by Crippen LogP contribution is -2.28. The Kier molecular flexibility index (Phi) is 10.1. The van der Waals surface area contributed by atoms with Crippen LogP contribution in [0.5, 0.6) is 17.2 Å². The number of nitrogens with zero attached hydrogens (tertiary/aromatic N) is 1. The van der Waals surface area contributed by atoms with E-state index in [-0.39, 0.29) is 5.91 Å². The molecule has 0 bridgehead atoms. The Balaban J connectivity index is 0.000000520. The van der Waals surface area contributed by atoms with Crippen molar-refractivity contribution in [3.8, 4) is 17.2 Å². The number of nitrogens with one attached hydrogen (secondary N) is 1. The standard InChI is InChI=1S/C21H25NO4.C5H11N/c1-15(11-16-9-7-6-8-10-16)14-22(2)21(23)17-12-18(24-3)20(26-5)19(13-17)25-4;1-5-2-3-6-4-5/h6-13H,14H2,1-5H3;5-6H,2-4H2,1H3/b15-11+;. The number of carbonyl (C=O) groups is 1. The summed E-state index contributed by atoms with van der Waals surface area (Å²) >= 11 is 0. The van der Waals surface area contributed by atoms with Crippen LogP contribution in [0, 0.1) is 5.92 Å². The van der Waals surface area contributed by atoms with Crippen LogP contribution in [0.3, 0.4) is 0 Å². The molecule has 174 valence electrons. The Hall–Kier alpha value is -2.99. The van der Waals surface area contributed by atoms with Crippen LogP contribution in [0.1, 0.15) is 36.2 Å². The van der Waals surface area contributed by atoms with E-state index in [1.807, 2.05) is 37.3 Å². The van der Waals surface area contributed by atoms with Gasteiger partial charge < -0.3 is 24.4 Å². The number of hydrogen-bond donors (Lipinski definition) is 1. The molecule has 1 atom stereocenters. The number of hydrogen-bond acceptors (Lipinski definition) is 5. The van der Waals surface area contributed by atoms with E-state index < -0.39 is 0 Å². The van der Waals surface area contributed by atoms with Gasteiger partial charge in [0.25, 0.3) is 5.91 Å². The molecule has 1 unspecified atom stereocenters. The number of benzene rings is 2. The van der Waals surface area contributed by atoms with Crippen molar-refractivity contribution in [2.45, 2.75) is 20.3 Å². The number of methoxy groups -OCH3 is 3. The number of likely N-dealkylation sites (N-methyl/N-ethyl adjacent to an activating group) is 1. The lowest BCUT2D eigenvalue weighted by Gasteiger charge is -2.20. The first kappa shape index (κ1) is 25.3. The molecule has 32 heavy (non-hydrogen) atoms. The van der Waals surface area contributed by atoms with E-state index in [2.05, 4.69) is 18.3 Å². The van der Waals surface area contributed by atoms with Crippen molar-refractivity contribution in [3.63, 3.8) is 0 Å². The Morgan fingerprint density at radius 3 is 2.16 bits per heavy atom. The quantitative estimate of drug-likeness (QED) is 0.687. The molecular weight excluding hydrogens is 404 g/mol. The van der Waals surface area contributed by atoms with E-state index in [0.717, 1.165) is 17.1 Å². The third-order valence-corrected chi connectivity index (χ3v) is 5.26. The smallest absolute Gasteiger partial charge is 0.254 e. The molecule has 1 amide bonds. The number of amides is 1. The molecule has 1 saturated heterocycles. The van der Waals surface area contributed by atoms with E-state index in [4.69, 9.17) is 14.2 Å². The van der Waals surface area contributed by atoms with Gasteiger partial charge in [-0.25, -0.2) is 0 Å². The van der Waals surface area contributed by atoms with E-state index >= 15 is 0 Å². The van der Waals surface area contributed by atoms with Crippen LogP contribution in [0.15, 0.2) is 48.0 Å². The fourth-order valence-corrected chi connectivity index (χ4v) is 3.55. The first-order chi connectivity index (χ1) is 15.4. The average molecular weight is 441 g/mol. The van der Waals surface area contributed by atoms with Crippen LogP contribution in [-0.2, 0) is 0 Å². The lowest BCUT2D eigenvalue weighted by molar-refractivity contribution is 0.0806. The van der Waals surface area contributed by atoms with E-state index in [0.29, 0.717) is 29.4 Å². The topological polar surface area (TPSA) is 60.0 Å². The van der Waals surface area contributed by atoms with E-state index in [1.54, 1.807) is 24.1 Å². The van der Waals surface area contributed by atoms with Crippen LogP contribution >= 0.6 is 0 Å². The number of carbonyl (C=O) groups excluding carboxylic acids is 1. The van der Waals surface area contributed by atoms with Gasteiger partial charge in [0.2, 0.25) is 5.75 Å². The van der Waals surface area contributed by atoms with E-state index in [9.17, 15) is 4.79 Å². The maximum Gasteiger partial charge on any atom is 0.254 e. The number of rotatable bonds is 7. The molecule has 1 N–H and O–H groups in total.